The SMILES string of the molecule is CC(NC(=O)NC(C(=O)O)C(C)(C)C)c1ccc(Cl)cc1. The summed E-state index contributed by atoms with van der Waals surface area (Å²) < 4.78 is 0. The fraction of sp³-hybridized carbons (Fsp3) is 0.467. The number of urea groups is 1. The number of carbonyl (C=O) groups is 2. The van der Waals surface area contributed by atoms with Gasteiger partial charge in [-0.2, -0.15) is 0 Å². The van der Waals surface area contributed by atoms with Crippen LogP contribution in [-0.2, 0) is 4.79 Å². The Morgan fingerprint density at radius 2 is 1.67 bits per heavy atom. The minimum Gasteiger partial charge on any atom is -0.480 e. The van der Waals surface area contributed by atoms with Crippen LogP contribution in [0.3, 0.4) is 0 Å². The zero-order valence-electron chi connectivity index (χ0n) is 12.6. The molecule has 0 heterocycles. The van der Waals surface area contributed by atoms with Crippen molar-refractivity contribution in [3.05, 3.63) is 34.9 Å². The van der Waals surface area contributed by atoms with Crippen molar-refractivity contribution < 1.29 is 14.7 Å². The van der Waals surface area contributed by atoms with Crippen LogP contribution in [0.5, 0.6) is 0 Å². The second kappa shape index (κ2) is 6.80. The molecule has 1 aromatic carbocycles. The number of carboxylic acids is 1. The zero-order valence-corrected chi connectivity index (χ0v) is 13.4. The molecule has 0 saturated heterocycles. The Labute approximate surface area is 129 Å². The molecule has 21 heavy (non-hydrogen) atoms. The smallest absolute Gasteiger partial charge is 0.326 e. The highest BCUT2D eigenvalue weighted by molar-refractivity contribution is 6.30. The van der Waals surface area contributed by atoms with Crippen LogP contribution >= 0.6 is 11.6 Å². The van der Waals surface area contributed by atoms with Gasteiger partial charge in [-0.05, 0) is 30.0 Å². The van der Waals surface area contributed by atoms with Crippen LogP contribution in [0.25, 0.3) is 0 Å². The Kier molecular flexibility index (Phi) is 5.61. The molecule has 0 saturated carbocycles. The van der Waals surface area contributed by atoms with Crippen molar-refractivity contribution in [2.75, 3.05) is 0 Å². The second-order valence-corrected chi connectivity index (χ2v) is 6.46. The van der Waals surface area contributed by atoms with Crippen LogP contribution < -0.4 is 10.6 Å². The molecule has 6 heteroatoms. The van der Waals surface area contributed by atoms with Crippen LogP contribution in [0.4, 0.5) is 4.79 Å². The number of carboxylic acid groups (broad SMARTS) is 1. The predicted octanol–water partition coefficient (Wildman–Crippen LogP) is 3.20. The van der Waals surface area contributed by atoms with Crippen molar-refractivity contribution in [2.24, 2.45) is 5.41 Å². The van der Waals surface area contributed by atoms with E-state index in [9.17, 15) is 14.7 Å². The lowest BCUT2D eigenvalue weighted by Crippen LogP contribution is -2.52. The number of aliphatic carboxylic acids is 1. The molecule has 0 aliphatic rings. The molecule has 0 radical (unpaired) electrons. The molecule has 0 aromatic heterocycles. The van der Waals surface area contributed by atoms with Gasteiger partial charge in [-0.1, -0.05) is 44.5 Å². The molecule has 0 aliphatic carbocycles. The van der Waals surface area contributed by atoms with Crippen molar-refractivity contribution in [3.8, 4) is 0 Å². The molecule has 116 valence electrons. The van der Waals surface area contributed by atoms with E-state index in [0.717, 1.165) is 5.56 Å². The zero-order chi connectivity index (χ0) is 16.2. The molecular formula is C15H21ClN2O3. The van der Waals surface area contributed by atoms with Crippen molar-refractivity contribution in [3.63, 3.8) is 0 Å². The summed E-state index contributed by atoms with van der Waals surface area (Å²) >= 11 is 5.81. The summed E-state index contributed by atoms with van der Waals surface area (Å²) in [4.78, 5) is 23.2. The summed E-state index contributed by atoms with van der Waals surface area (Å²) in [5, 5.41) is 15.0. The number of hydrogen-bond acceptors (Lipinski definition) is 2. The van der Waals surface area contributed by atoms with E-state index in [0.29, 0.717) is 5.02 Å². The Bertz CT molecular complexity index is 509. The van der Waals surface area contributed by atoms with Gasteiger partial charge in [0, 0.05) is 5.02 Å². The Morgan fingerprint density at radius 1 is 1.14 bits per heavy atom. The fourth-order valence-corrected chi connectivity index (χ4v) is 1.98. The van der Waals surface area contributed by atoms with Gasteiger partial charge in [-0.15, -0.1) is 0 Å². The standard InChI is InChI=1S/C15H21ClN2O3/c1-9(10-5-7-11(16)8-6-10)17-14(21)18-12(13(19)20)15(2,3)4/h5-9,12H,1-4H3,(H,19,20)(H2,17,18,21). The molecule has 2 unspecified atom stereocenters. The summed E-state index contributed by atoms with van der Waals surface area (Å²) in [6, 6.07) is 5.37. The van der Waals surface area contributed by atoms with E-state index in [1.54, 1.807) is 32.9 Å². The average Bonchev–Trinajstić information content (AvgIpc) is 2.35. The molecule has 1 aromatic rings. The first-order valence-electron chi connectivity index (χ1n) is 6.66. The van der Waals surface area contributed by atoms with Crippen molar-refractivity contribution in [2.45, 2.75) is 39.8 Å². The largest absolute Gasteiger partial charge is 0.480 e. The average molecular weight is 313 g/mol. The first kappa shape index (κ1) is 17.3. The van der Waals surface area contributed by atoms with Gasteiger partial charge in [0.25, 0.3) is 0 Å². The van der Waals surface area contributed by atoms with E-state index in [1.807, 2.05) is 19.1 Å². The molecule has 0 fully saturated rings. The number of hydrogen-bond donors (Lipinski definition) is 3. The van der Waals surface area contributed by atoms with Crippen LogP contribution in [0.1, 0.15) is 39.3 Å². The summed E-state index contributed by atoms with van der Waals surface area (Å²) in [6.07, 6.45) is 0. The maximum atomic E-state index is 11.9. The van der Waals surface area contributed by atoms with Gasteiger partial charge in [0.05, 0.1) is 6.04 Å². The second-order valence-electron chi connectivity index (χ2n) is 6.03. The third-order valence-corrected chi connectivity index (χ3v) is 3.36. The molecule has 0 bridgehead atoms. The third-order valence-electron chi connectivity index (χ3n) is 3.11. The highest BCUT2D eigenvalue weighted by atomic mass is 35.5. The summed E-state index contributed by atoms with van der Waals surface area (Å²) in [5.74, 6) is -1.06. The molecule has 2 atom stereocenters. The van der Waals surface area contributed by atoms with E-state index in [1.165, 1.54) is 0 Å². The van der Waals surface area contributed by atoms with Crippen molar-refractivity contribution in [1.82, 2.24) is 10.6 Å². The number of halogens is 1. The summed E-state index contributed by atoms with van der Waals surface area (Å²) in [5.41, 5.74) is 0.310. The predicted molar refractivity (Wildman–Crippen MR) is 82.4 cm³/mol. The molecule has 3 N–H and O–H groups in total. The molecule has 2 amide bonds. The lowest BCUT2D eigenvalue weighted by atomic mass is 9.87. The number of rotatable bonds is 4. The molecule has 0 spiro atoms. The van der Waals surface area contributed by atoms with Crippen LogP contribution in [0.2, 0.25) is 5.02 Å². The van der Waals surface area contributed by atoms with Gasteiger partial charge in [0.15, 0.2) is 0 Å². The lowest BCUT2D eigenvalue weighted by molar-refractivity contribution is -0.141. The lowest BCUT2D eigenvalue weighted by Gasteiger charge is -2.28. The minimum absolute atomic E-state index is 0.253. The van der Waals surface area contributed by atoms with E-state index < -0.39 is 23.5 Å². The van der Waals surface area contributed by atoms with Gasteiger partial charge in [0.1, 0.15) is 6.04 Å². The van der Waals surface area contributed by atoms with Crippen LogP contribution in [-0.4, -0.2) is 23.1 Å². The van der Waals surface area contributed by atoms with Crippen molar-refractivity contribution in [1.29, 1.82) is 0 Å². The number of amides is 2. The number of nitrogens with one attached hydrogen (secondary N) is 2. The molecular weight excluding hydrogens is 292 g/mol. The van der Waals surface area contributed by atoms with Crippen LogP contribution in [0.15, 0.2) is 24.3 Å². The van der Waals surface area contributed by atoms with Gasteiger partial charge < -0.3 is 15.7 Å². The monoisotopic (exact) mass is 312 g/mol. The maximum Gasteiger partial charge on any atom is 0.326 e. The summed E-state index contributed by atoms with van der Waals surface area (Å²) in [7, 11) is 0. The minimum atomic E-state index is -1.06. The van der Waals surface area contributed by atoms with Gasteiger partial charge in [0.2, 0.25) is 0 Å². The Morgan fingerprint density at radius 3 is 2.10 bits per heavy atom. The van der Waals surface area contributed by atoms with E-state index >= 15 is 0 Å². The van der Waals surface area contributed by atoms with E-state index in [2.05, 4.69) is 10.6 Å². The van der Waals surface area contributed by atoms with Gasteiger partial charge in [-0.25, -0.2) is 9.59 Å². The summed E-state index contributed by atoms with van der Waals surface area (Å²) in [6.45, 7) is 7.09. The number of benzene rings is 1. The fourth-order valence-electron chi connectivity index (χ4n) is 1.85. The maximum absolute atomic E-state index is 11.9. The molecule has 1 rings (SSSR count). The van der Waals surface area contributed by atoms with Crippen molar-refractivity contribution >= 4 is 23.6 Å². The Balaban J connectivity index is 2.68. The van der Waals surface area contributed by atoms with E-state index in [4.69, 9.17) is 11.6 Å². The highest BCUT2D eigenvalue weighted by Crippen LogP contribution is 2.20. The quantitative estimate of drug-likeness (QED) is 0.799. The van der Waals surface area contributed by atoms with E-state index in [-0.39, 0.29) is 6.04 Å². The van der Waals surface area contributed by atoms with Crippen LogP contribution in [0, 0.1) is 5.41 Å². The molecule has 0 aliphatic heterocycles. The highest BCUT2D eigenvalue weighted by Gasteiger charge is 2.32. The van der Waals surface area contributed by atoms with Gasteiger partial charge >= 0.3 is 12.0 Å². The topological polar surface area (TPSA) is 78.4 Å². The number of carbonyl (C=O) groups excluding carboxylic acids is 1. The third kappa shape index (κ3) is 5.27. The molecule has 5 nitrogen and oxygen atoms in total. The first-order chi connectivity index (χ1) is 9.61. The normalized spacial score (nSPS) is 14.1. The van der Waals surface area contributed by atoms with Gasteiger partial charge in [-0.3, -0.25) is 0 Å². The Hall–Kier alpha value is -1.75. The first-order valence-corrected chi connectivity index (χ1v) is 7.04.